The normalized spacial score (nSPS) is 11.4. The Balaban J connectivity index is 0.00000242. The highest BCUT2D eigenvalue weighted by Gasteiger charge is 2.13. The van der Waals surface area contributed by atoms with Crippen molar-refractivity contribution in [3.8, 4) is 11.7 Å². The lowest BCUT2D eigenvalue weighted by Crippen LogP contribution is -2.38. The number of halogens is 1. The minimum absolute atomic E-state index is 0. The molecule has 120 valence electrons. The second-order valence-corrected chi connectivity index (χ2v) is 4.70. The van der Waals surface area contributed by atoms with Crippen molar-refractivity contribution in [1.29, 1.82) is 0 Å². The van der Waals surface area contributed by atoms with Crippen molar-refractivity contribution in [2.24, 2.45) is 0 Å². The summed E-state index contributed by atoms with van der Waals surface area (Å²) in [6.07, 6.45) is 0. The average Bonchev–Trinajstić information content (AvgIpc) is 2.95. The zero-order valence-corrected chi connectivity index (χ0v) is 13.5. The number of rotatable bonds is 7. The highest BCUT2D eigenvalue weighted by atomic mass is 35.5. The molecule has 22 heavy (non-hydrogen) atoms. The third-order valence-corrected chi connectivity index (χ3v) is 2.89. The molecule has 0 bridgehead atoms. The molecule has 0 unspecified atom stereocenters. The Hall–Kier alpha value is -1.98. The third kappa shape index (κ3) is 5.42. The maximum Gasteiger partial charge on any atom is 0.290 e. The van der Waals surface area contributed by atoms with Gasteiger partial charge < -0.3 is 19.8 Å². The molecule has 0 radical (unpaired) electrons. The van der Waals surface area contributed by atoms with Gasteiger partial charge in [0.25, 0.3) is 11.9 Å². The van der Waals surface area contributed by atoms with Crippen LogP contribution in [0.4, 0.5) is 0 Å². The molecule has 0 spiro atoms. The minimum Gasteiger partial charge on any atom is -0.426 e. The Bertz CT molecular complexity index is 572. The van der Waals surface area contributed by atoms with Gasteiger partial charge in [0.05, 0.1) is 0 Å². The molecule has 1 amide bonds. The van der Waals surface area contributed by atoms with Crippen molar-refractivity contribution in [3.05, 3.63) is 48.2 Å². The summed E-state index contributed by atoms with van der Waals surface area (Å²) in [6.45, 7) is 5.45. The molecule has 0 aliphatic heterocycles. The predicted octanol–water partition coefficient (Wildman–Crippen LogP) is 3.22. The van der Waals surface area contributed by atoms with Crippen LogP contribution < -0.4 is 15.4 Å². The number of hydrogen-bond acceptors (Lipinski definition) is 4. The molecule has 1 aromatic heterocycles. The first kappa shape index (κ1) is 18.1. The van der Waals surface area contributed by atoms with Crippen LogP contribution in [0.3, 0.4) is 0 Å². The molecule has 0 saturated carbocycles. The molecule has 1 heterocycles. The standard InChI is InChI=1S/C16H20N2O3.ClH/c1-3-17-12(2)11-18-16(19)14-9-10-15(21-14)20-13-7-5-4-6-8-13;/h4-10,12,17H,3,11H2,1-2H3,(H,18,19);1H/t12-;/m1./s1. The topological polar surface area (TPSA) is 63.5 Å². The van der Waals surface area contributed by atoms with Crippen LogP contribution in [0.5, 0.6) is 11.7 Å². The lowest BCUT2D eigenvalue weighted by molar-refractivity contribution is 0.0917. The fraction of sp³-hybridized carbons (Fsp3) is 0.312. The lowest BCUT2D eigenvalue weighted by atomic mass is 10.3. The lowest BCUT2D eigenvalue weighted by Gasteiger charge is -2.12. The monoisotopic (exact) mass is 324 g/mol. The zero-order valence-electron chi connectivity index (χ0n) is 12.7. The number of ether oxygens (including phenoxy) is 1. The maximum absolute atomic E-state index is 11.9. The van der Waals surface area contributed by atoms with Crippen molar-refractivity contribution >= 4 is 18.3 Å². The molecule has 1 atom stereocenters. The summed E-state index contributed by atoms with van der Waals surface area (Å²) >= 11 is 0. The maximum atomic E-state index is 11.9. The Labute approximate surface area is 136 Å². The SMILES string of the molecule is CCN[C@H](C)CNC(=O)c1ccc(Oc2ccccc2)o1.Cl. The Morgan fingerprint density at radius 3 is 2.64 bits per heavy atom. The van der Waals surface area contributed by atoms with Gasteiger partial charge in [-0.15, -0.1) is 12.4 Å². The van der Waals surface area contributed by atoms with Gasteiger partial charge in [-0.3, -0.25) is 4.79 Å². The number of amides is 1. The van der Waals surface area contributed by atoms with E-state index in [0.29, 0.717) is 18.2 Å². The van der Waals surface area contributed by atoms with E-state index in [1.807, 2.05) is 44.2 Å². The summed E-state index contributed by atoms with van der Waals surface area (Å²) in [5.74, 6) is 0.956. The highest BCUT2D eigenvalue weighted by molar-refractivity contribution is 5.91. The van der Waals surface area contributed by atoms with Gasteiger partial charge in [0, 0.05) is 18.7 Å². The largest absolute Gasteiger partial charge is 0.426 e. The van der Waals surface area contributed by atoms with E-state index in [1.54, 1.807) is 12.1 Å². The quantitative estimate of drug-likeness (QED) is 0.821. The van der Waals surface area contributed by atoms with Gasteiger partial charge in [0.2, 0.25) is 0 Å². The Morgan fingerprint density at radius 2 is 1.95 bits per heavy atom. The van der Waals surface area contributed by atoms with Crippen molar-refractivity contribution < 1.29 is 13.9 Å². The Kier molecular flexibility index (Phi) is 7.49. The summed E-state index contributed by atoms with van der Waals surface area (Å²) in [5.41, 5.74) is 0. The van der Waals surface area contributed by atoms with E-state index in [1.165, 1.54) is 0 Å². The van der Waals surface area contributed by atoms with Gasteiger partial charge in [0.15, 0.2) is 5.76 Å². The summed E-state index contributed by atoms with van der Waals surface area (Å²) < 4.78 is 10.9. The van der Waals surface area contributed by atoms with Crippen molar-refractivity contribution in [1.82, 2.24) is 10.6 Å². The third-order valence-electron chi connectivity index (χ3n) is 2.89. The number of hydrogen-bond donors (Lipinski definition) is 2. The van der Waals surface area contributed by atoms with Crippen LogP contribution in [0.25, 0.3) is 0 Å². The molecule has 1 aromatic carbocycles. The predicted molar refractivity (Wildman–Crippen MR) is 87.9 cm³/mol. The second kappa shape index (κ2) is 9.12. The number of likely N-dealkylation sites (N-methyl/N-ethyl adjacent to an activating group) is 1. The molecular weight excluding hydrogens is 304 g/mol. The summed E-state index contributed by atoms with van der Waals surface area (Å²) in [7, 11) is 0. The van der Waals surface area contributed by atoms with E-state index in [2.05, 4.69) is 10.6 Å². The highest BCUT2D eigenvalue weighted by Crippen LogP contribution is 2.23. The van der Waals surface area contributed by atoms with Gasteiger partial charge in [-0.25, -0.2) is 0 Å². The summed E-state index contributed by atoms with van der Waals surface area (Å²) in [6, 6.07) is 12.7. The number of carbonyl (C=O) groups is 1. The van der Waals surface area contributed by atoms with Crippen molar-refractivity contribution in [3.63, 3.8) is 0 Å². The molecule has 2 rings (SSSR count). The molecule has 0 aliphatic rings. The fourth-order valence-corrected chi connectivity index (χ4v) is 1.86. The second-order valence-electron chi connectivity index (χ2n) is 4.70. The van der Waals surface area contributed by atoms with E-state index in [0.717, 1.165) is 6.54 Å². The smallest absolute Gasteiger partial charge is 0.290 e. The van der Waals surface area contributed by atoms with E-state index < -0.39 is 0 Å². The number of furan rings is 1. The molecule has 6 heteroatoms. The molecule has 0 fully saturated rings. The van der Waals surface area contributed by atoms with Crippen LogP contribution in [0, 0.1) is 0 Å². The molecule has 2 aromatic rings. The summed E-state index contributed by atoms with van der Waals surface area (Å²) in [5, 5.41) is 6.03. The van der Waals surface area contributed by atoms with E-state index >= 15 is 0 Å². The molecular formula is C16H21ClN2O3. The molecule has 0 saturated heterocycles. The first-order chi connectivity index (χ1) is 10.2. The number of carbonyl (C=O) groups excluding carboxylic acids is 1. The van der Waals surface area contributed by atoms with Crippen LogP contribution >= 0.6 is 12.4 Å². The Morgan fingerprint density at radius 1 is 1.23 bits per heavy atom. The average molecular weight is 325 g/mol. The van der Waals surface area contributed by atoms with Crippen LogP contribution in [-0.4, -0.2) is 25.0 Å². The molecule has 2 N–H and O–H groups in total. The van der Waals surface area contributed by atoms with E-state index in [9.17, 15) is 4.79 Å². The van der Waals surface area contributed by atoms with Crippen LogP contribution in [-0.2, 0) is 0 Å². The van der Waals surface area contributed by atoms with Crippen molar-refractivity contribution in [2.45, 2.75) is 19.9 Å². The number of nitrogens with one attached hydrogen (secondary N) is 2. The van der Waals surface area contributed by atoms with Crippen molar-refractivity contribution in [2.75, 3.05) is 13.1 Å². The number of benzene rings is 1. The van der Waals surface area contributed by atoms with E-state index in [-0.39, 0.29) is 30.1 Å². The minimum atomic E-state index is -0.248. The number of para-hydroxylation sites is 1. The molecule has 0 aliphatic carbocycles. The van der Waals surface area contributed by atoms with Gasteiger partial charge in [0.1, 0.15) is 5.75 Å². The fourth-order valence-electron chi connectivity index (χ4n) is 1.86. The van der Waals surface area contributed by atoms with E-state index in [4.69, 9.17) is 9.15 Å². The van der Waals surface area contributed by atoms with Gasteiger partial charge in [-0.1, -0.05) is 25.1 Å². The van der Waals surface area contributed by atoms with Crippen LogP contribution in [0.1, 0.15) is 24.4 Å². The first-order valence-corrected chi connectivity index (χ1v) is 7.03. The van der Waals surface area contributed by atoms with Gasteiger partial charge in [-0.05, 0) is 31.7 Å². The van der Waals surface area contributed by atoms with Crippen LogP contribution in [0.15, 0.2) is 46.9 Å². The zero-order chi connectivity index (χ0) is 15.1. The van der Waals surface area contributed by atoms with Crippen LogP contribution in [0.2, 0.25) is 0 Å². The van der Waals surface area contributed by atoms with Gasteiger partial charge >= 0.3 is 0 Å². The summed E-state index contributed by atoms with van der Waals surface area (Å²) in [4.78, 5) is 11.9. The van der Waals surface area contributed by atoms with Gasteiger partial charge in [-0.2, -0.15) is 0 Å². The first-order valence-electron chi connectivity index (χ1n) is 7.03. The molecule has 5 nitrogen and oxygen atoms in total.